The number of carbonyl (C=O) groups excluding carboxylic acids is 2. The summed E-state index contributed by atoms with van der Waals surface area (Å²) < 4.78 is 4.95. The van der Waals surface area contributed by atoms with Crippen molar-refractivity contribution in [2.75, 3.05) is 17.7 Å². The van der Waals surface area contributed by atoms with Crippen LogP contribution in [-0.4, -0.2) is 18.5 Å². The number of rotatable bonds is 4. The van der Waals surface area contributed by atoms with Crippen LogP contribution in [0.5, 0.6) is 0 Å². The van der Waals surface area contributed by atoms with Crippen molar-refractivity contribution in [2.24, 2.45) is 0 Å². The Morgan fingerprint density at radius 2 is 1.78 bits per heavy atom. The minimum absolute atomic E-state index is 0.118. The van der Waals surface area contributed by atoms with E-state index in [2.05, 4.69) is 5.32 Å². The molecule has 0 atom stereocenters. The van der Waals surface area contributed by atoms with Crippen LogP contribution in [0.25, 0.3) is 0 Å². The van der Waals surface area contributed by atoms with Gasteiger partial charge in [0.25, 0.3) is 5.91 Å². The van der Waals surface area contributed by atoms with Crippen molar-refractivity contribution in [1.29, 1.82) is 0 Å². The number of nitrogen functional groups attached to an aromatic ring is 1. The number of halogens is 2. The zero-order valence-corrected chi connectivity index (χ0v) is 13.7. The molecule has 0 aromatic heterocycles. The fraction of sp³-hybridized carbons (Fsp3) is 0.125. The van der Waals surface area contributed by atoms with Gasteiger partial charge in [0.05, 0.1) is 5.56 Å². The topological polar surface area (TPSA) is 81.4 Å². The minimum Gasteiger partial charge on any atom is -0.452 e. The number of benzene rings is 2. The first kappa shape index (κ1) is 17.1. The van der Waals surface area contributed by atoms with Crippen LogP contribution in [0, 0.1) is 6.92 Å². The van der Waals surface area contributed by atoms with Crippen molar-refractivity contribution in [2.45, 2.75) is 6.92 Å². The van der Waals surface area contributed by atoms with Crippen LogP contribution in [-0.2, 0) is 9.53 Å². The summed E-state index contributed by atoms with van der Waals surface area (Å²) in [6.07, 6.45) is 0. The van der Waals surface area contributed by atoms with Crippen molar-refractivity contribution in [3.8, 4) is 0 Å². The molecule has 1 amide bonds. The molecular formula is C16H14Cl2N2O3. The predicted octanol–water partition coefficient (Wildman–Crippen LogP) is 3.68. The van der Waals surface area contributed by atoms with E-state index >= 15 is 0 Å². The Hall–Kier alpha value is -2.24. The number of amides is 1. The fourth-order valence-electron chi connectivity index (χ4n) is 1.87. The molecular weight excluding hydrogens is 339 g/mol. The number of ether oxygens (including phenoxy) is 1. The van der Waals surface area contributed by atoms with E-state index in [0.29, 0.717) is 15.7 Å². The highest BCUT2D eigenvalue weighted by Crippen LogP contribution is 2.20. The van der Waals surface area contributed by atoms with Gasteiger partial charge in [0.2, 0.25) is 0 Å². The minimum atomic E-state index is -0.715. The van der Waals surface area contributed by atoms with Gasteiger partial charge in [0, 0.05) is 21.4 Å². The predicted molar refractivity (Wildman–Crippen MR) is 91.0 cm³/mol. The number of hydrogen-bond acceptors (Lipinski definition) is 4. The van der Waals surface area contributed by atoms with Gasteiger partial charge in [-0.15, -0.1) is 0 Å². The maximum Gasteiger partial charge on any atom is 0.340 e. The molecule has 0 spiro atoms. The molecule has 0 fully saturated rings. The second-order valence-corrected chi connectivity index (χ2v) is 5.69. The first-order chi connectivity index (χ1) is 10.9. The summed E-state index contributed by atoms with van der Waals surface area (Å²) in [6.45, 7) is 1.37. The summed E-state index contributed by atoms with van der Waals surface area (Å²) in [5, 5.41) is 3.56. The van der Waals surface area contributed by atoms with Gasteiger partial charge in [-0.2, -0.15) is 0 Å². The Balaban J connectivity index is 1.96. The summed E-state index contributed by atoms with van der Waals surface area (Å²) in [6, 6.07) is 9.49. The van der Waals surface area contributed by atoms with E-state index in [4.69, 9.17) is 33.7 Å². The highest BCUT2D eigenvalue weighted by Gasteiger charge is 2.14. The summed E-state index contributed by atoms with van der Waals surface area (Å²) in [5.41, 5.74) is 7.43. The third-order valence-corrected chi connectivity index (χ3v) is 3.50. The number of carbonyl (C=O) groups is 2. The molecule has 7 heteroatoms. The van der Waals surface area contributed by atoms with Crippen LogP contribution in [0.4, 0.5) is 11.4 Å². The van der Waals surface area contributed by atoms with Gasteiger partial charge < -0.3 is 15.8 Å². The zero-order chi connectivity index (χ0) is 17.0. The van der Waals surface area contributed by atoms with Gasteiger partial charge in [-0.3, -0.25) is 4.79 Å². The maximum atomic E-state index is 11.9. The highest BCUT2D eigenvalue weighted by molar-refractivity contribution is 6.31. The van der Waals surface area contributed by atoms with Crippen molar-refractivity contribution in [3.63, 3.8) is 0 Å². The molecule has 5 nitrogen and oxygen atoms in total. The van der Waals surface area contributed by atoms with Gasteiger partial charge in [0.15, 0.2) is 6.61 Å². The van der Waals surface area contributed by atoms with E-state index in [0.717, 1.165) is 5.56 Å². The van der Waals surface area contributed by atoms with Gasteiger partial charge in [-0.1, -0.05) is 23.2 Å². The molecule has 120 valence electrons. The van der Waals surface area contributed by atoms with E-state index in [1.165, 1.54) is 12.1 Å². The summed E-state index contributed by atoms with van der Waals surface area (Å²) >= 11 is 11.7. The lowest BCUT2D eigenvalue weighted by molar-refractivity contribution is -0.119. The molecule has 0 saturated carbocycles. The second-order valence-electron chi connectivity index (χ2n) is 4.82. The maximum absolute atomic E-state index is 11.9. The van der Waals surface area contributed by atoms with Gasteiger partial charge >= 0.3 is 5.97 Å². The zero-order valence-electron chi connectivity index (χ0n) is 12.2. The van der Waals surface area contributed by atoms with Crippen molar-refractivity contribution in [1.82, 2.24) is 0 Å². The average molecular weight is 353 g/mol. The third-order valence-electron chi connectivity index (χ3n) is 3.03. The van der Waals surface area contributed by atoms with E-state index in [9.17, 15) is 9.59 Å². The Bertz CT molecular complexity index is 763. The molecule has 23 heavy (non-hydrogen) atoms. The molecule has 0 aliphatic heterocycles. The van der Waals surface area contributed by atoms with Crippen molar-refractivity contribution < 1.29 is 14.3 Å². The van der Waals surface area contributed by atoms with E-state index in [1.54, 1.807) is 31.2 Å². The molecule has 3 N–H and O–H groups in total. The largest absolute Gasteiger partial charge is 0.452 e. The number of aryl methyl sites for hydroxylation is 1. The van der Waals surface area contributed by atoms with Gasteiger partial charge in [-0.05, 0) is 48.9 Å². The van der Waals surface area contributed by atoms with Crippen LogP contribution in [0.1, 0.15) is 15.9 Å². The standard InChI is InChI=1S/C16H14Cl2N2O3/c1-9-6-10(17)3-5-14(9)20-15(21)8-23-16(22)12-7-11(18)2-4-13(12)19/h2-7H,8,19H2,1H3,(H,20,21). The summed E-state index contributed by atoms with van der Waals surface area (Å²) in [4.78, 5) is 23.8. The highest BCUT2D eigenvalue weighted by atomic mass is 35.5. The first-order valence-corrected chi connectivity index (χ1v) is 7.40. The Kier molecular flexibility index (Phi) is 5.47. The fourth-order valence-corrected chi connectivity index (χ4v) is 2.27. The molecule has 2 aromatic rings. The molecule has 0 bridgehead atoms. The third kappa shape index (κ3) is 4.61. The Morgan fingerprint density at radius 1 is 1.13 bits per heavy atom. The molecule has 2 aromatic carbocycles. The number of esters is 1. The van der Waals surface area contributed by atoms with Gasteiger partial charge in [0.1, 0.15) is 0 Å². The first-order valence-electron chi connectivity index (χ1n) is 6.65. The molecule has 0 aliphatic rings. The Labute approximate surface area is 143 Å². The van der Waals surface area contributed by atoms with Crippen LogP contribution in [0.15, 0.2) is 36.4 Å². The van der Waals surface area contributed by atoms with E-state index < -0.39 is 18.5 Å². The number of nitrogens with two attached hydrogens (primary N) is 1. The van der Waals surface area contributed by atoms with Crippen molar-refractivity contribution in [3.05, 3.63) is 57.6 Å². The number of hydrogen-bond donors (Lipinski definition) is 2. The summed E-state index contributed by atoms with van der Waals surface area (Å²) in [5.74, 6) is -1.18. The molecule has 0 heterocycles. The van der Waals surface area contributed by atoms with Crippen LogP contribution >= 0.6 is 23.2 Å². The second kappa shape index (κ2) is 7.35. The van der Waals surface area contributed by atoms with Crippen molar-refractivity contribution >= 4 is 46.5 Å². The summed E-state index contributed by atoms with van der Waals surface area (Å²) in [7, 11) is 0. The molecule has 0 radical (unpaired) electrons. The number of anilines is 2. The van der Waals surface area contributed by atoms with Crippen LogP contribution < -0.4 is 11.1 Å². The SMILES string of the molecule is Cc1cc(Cl)ccc1NC(=O)COC(=O)c1cc(Cl)ccc1N. The normalized spacial score (nSPS) is 10.2. The lowest BCUT2D eigenvalue weighted by Gasteiger charge is -2.10. The smallest absolute Gasteiger partial charge is 0.340 e. The van der Waals surface area contributed by atoms with Crippen LogP contribution in [0.3, 0.4) is 0 Å². The lowest BCUT2D eigenvalue weighted by Crippen LogP contribution is -2.21. The van der Waals surface area contributed by atoms with Gasteiger partial charge in [-0.25, -0.2) is 4.79 Å². The quantitative estimate of drug-likeness (QED) is 0.649. The van der Waals surface area contributed by atoms with E-state index in [-0.39, 0.29) is 11.3 Å². The lowest BCUT2D eigenvalue weighted by atomic mass is 10.2. The van der Waals surface area contributed by atoms with E-state index in [1.807, 2.05) is 0 Å². The molecule has 2 rings (SSSR count). The monoisotopic (exact) mass is 352 g/mol. The molecule has 0 saturated heterocycles. The van der Waals surface area contributed by atoms with Crippen LogP contribution in [0.2, 0.25) is 10.0 Å². The molecule has 0 unspecified atom stereocenters. The average Bonchev–Trinajstić information content (AvgIpc) is 2.50. The number of nitrogens with one attached hydrogen (secondary N) is 1. The Morgan fingerprint density at radius 3 is 2.48 bits per heavy atom. The molecule has 0 aliphatic carbocycles.